The standard InChI is InChI=1S/C11H20N2O5/c1-6-5-18-7(2)4-13(6)11(17)12-9(8(3)14)10(15)16/h6-9,14H,4-5H2,1-3H3,(H,12,17)(H,15,16)/t6?,7?,8-,9+/m1/s1. The van der Waals surface area contributed by atoms with Gasteiger partial charge in [-0.2, -0.15) is 0 Å². The highest BCUT2D eigenvalue weighted by atomic mass is 16.5. The number of hydrogen-bond donors (Lipinski definition) is 3. The summed E-state index contributed by atoms with van der Waals surface area (Å²) >= 11 is 0. The zero-order valence-corrected chi connectivity index (χ0v) is 10.8. The topological polar surface area (TPSA) is 99.1 Å². The van der Waals surface area contributed by atoms with Gasteiger partial charge in [0.2, 0.25) is 0 Å². The predicted molar refractivity (Wildman–Crippen MR) is 63.2 cm³/mol. The van der Waals surface area contributed by atoms with E-state index in [-0.39, 0.29) is 12.1 Å². The molecular weight excluding hydrogens is 240 g/mol. The number of urea groups is 1. The Bertz CT molecular complexity index is 321. The zero-order valence-electron chi connectivity index (χ0n) is 10.8. The highest BCUT2D eigenvalue weighted by molar-refractivity contribution is 5.83. The average molecular weight is 260 g/mol. The van der Waals surface area contributed by atoms with Crippen molar-refractivity contribution in [3.8, 4) is 0 Å². The number of carbonyl (C=O) groups is 2. The van der Waals surface area contributed by atoms with Crippen molar-refractivity contribution in [1.82, 2.24) is 10.2 Å². The van der Waals surface area contributed by atoms with Crippen molar-refractivity contribution in [2.24, 2.45) is 0 Å². The quantitative estimate of drug-likeness (QED) is 0.643. The normalized spacial score (nSPS) is 27.4. The summed E-state index contributed by atoms with van der Waals surface area (Å²) in [7, 11) is 0. The molecule has 0 spiro atoms. The van der Waals surface area contributed by atoms with E-state index in [1.165, 1.54) is 11.8 Å². The Morgan fingerprint density at radius 1 is 1.44 bits per heavy atom. The van der Waals surface area contributed by atoms with Crippen molar-refractivity contribution < 1.29 is 24.5 Å². The number of hydrogen-bond acceptors (Lipinski definition) is 4. The van der Waals surface area contributed by atoms with Gasteiger partial charge in [-0.3, -0.25) is 0 Å². The molecule has 7 heteroatoms. The maximum atomic E-state index is 12.0. The molecule has 1 saturated heterocycles. The molecule has 0 radical (unpaired) electrons. The Kier molecular flexibility index (Phi) is 4.92. The highest BCUT2D eigenvalue weighted by Gasteiger charge is 2.32. The molecule has 0 aromatic rings. The van der Waals surface area contributed by atoms with Crippen LogP contribution >= 0.6 is 0 Å². The third kappa shape index (κ3) is 3.58. The summed E-state index contributed by atoms with van der Waals surface area (Å²) in [5.74, 6) is -1.26. The fourth-order valence-corrected chi connectivity index (χ4v) is 1.79. The summed E-state index contributed by atoms with van der Waals surface area (Å²) in [4.78, 5) is 24.4. The van der Waals surface area contributed by atoms with E-state index < -0.39 is 24.1 Å². The summed E-state index contributed by atoms with van der Waals surface area (Å²) in [6.45, 7) is 5.81. The lowest BCUT2D eigenvalue weighted by Crippen LogP contribution is -2.58. The Balaban J connectivity index is 2.65. The van der Waals surface area contributed by atoms with E-state index in [0.717, 1.165) is 0 Å². The van der Waals surface area contributed by atoms with Gasteiger partial charge < -0.3 is 25.2 Å². The van der Waals surface area contributed by atoms with Crippen molar-refractivity contribution >= 4 is 12.0 Å². The number of morpholine rings is 1. The maximum Gasteiger partial charge on any atom is 0.328 e. The molecule has 0 aliphatic carbocycles. The van der Waals surface area contributed by atoms with Crippen molar-refractivity contribution in [1.29, 1.82) is 0 Å². The van der Waals surface area contributed by atoms with Gasteiger partial charge in [-0.05, 0) is 20.8 Å². The van der Waals surface area contributed by atoms with Crippen LogP contribution in [-0.2, 0) is 9.53 Å². The highest BCUT2D eigenvalue weighted by Crippen LogP contribution is 2.11. The number of aliphatic carboxylic acids is 1. The number of carbonyl (C=O) groups excluding carboxylic acids is 1. The fourth-order valence-electron chi connectivity index (χ4n) is 1.79. The molecule has 1 fully saturated rings. The first-order chi connectivity index (χ1) is 8.32. The number of amides is 2. The molecule has 7 nitrogen and oxygen atoms in total. The van der Waals surface area contributed by atoms with Crippen molar-refractivity contribution in [2.75, 3.05) is 13.2 Å². The van der Waals surface area contributed by atoms with Gasteiger partial charge in [0.05, 0.1) is 24.9 Å². The van der Waals surface area contributed by atoms with Gasteiger partial charge in [0.15, 0.2) is 6.04 Å². The number of carboxylic acids is 1. The SMILES string of the molecule is CC1CN(C(=O)N[C@H](C(=O)O)[C@@H](C)O)C(C)CO1. The second-order valence-electron chi connectivity index (χ2n) is 4.65. The lowest BCUT2D eigenvalue weighted by molar-refractivity contribution is -0.141. The Morgan fingerprint density at radius 2 is 2.06 bits per heavy atom. The molecule has 0 bridgehead atoms. The second-order valence-corrected chi connectivity index (χ2v) is 4.65. The summed E-state index contributed by atoms with van der Waals surface area (Å²) in [5.41, 5.74) is 0. The van der Waals surface area contributed by atoms with Crippen molar-refractivity contribution in [3.05, 3.63) is 0 Å². The molecule has 3 N–H and O–H groups in total. The molecule has 4 atom stereocenters. The number of nitrogens with one attached hydrogen (secondary N) is 1. The zero-order chi connectivity index (χ0) is 13.9. The number of ether oxygens (including phenoxy) is 1. The van der Waals surface area contributed by atoms with E-state index in [1.807, 2.05) is 13.8 Å². The minimum absolute atomic E-state index is 0.0817. The van der Waals surface area contributed by atoms with Crippen molar-refractivity contribution in [2.45, 2.75) is 45.1 Å². The van der Waals surface area contributed by atoms with Crippen LogP contribution in [0.4, 0.5) is 4.79 Å². The summed E-state index contributed by atoms with van der Waals surface area (Å²) in [5, 5.41) is 20.5. The number of aliphatic hydroxyl groups is 1. The van der Waals surface area contributed by atoms with E-state index in [4.69, 9.17) is 9.84 Å². The van der Waals surface area contributed by atoms with E-state index in [2.05, 4.69) is 5.32 Å². The molecule has 2 amide bonds. The smallest absolute Gasteiger partial charge is 0.328 e. The number of rotatable bonds is 3. The molecule has 18 heavy (non-hydrogen) atoms. The van der Waals surface area contributed by atoms with Gasteiger partial charge in [0.1, 0.15) is 0 Å². The predicted octanol–water partition coefficient (Wildman–Crippen LogP) is -0.361. The van der Waals surface area contributed by atoms with Crippen LogP contribution in [0.3, 0.4) is 0 Å². The van der Waals surface area contributed by atoms with Gasteiger partial charge in [-0.25, -0.2) is 9.59 Å². The van der Waals surface area contributed by atoms with Gasteiger partial charge in [0, 0.05) is 6.54 Å². The number of nitrogens with zero attached hydrogens (tertiary/aromatic N) is 1. The molecule has 0 aromatic carbocycles. The van der Waals surface area contributed by atoms with Crippen LogP contribution in [0.5, 0.6) is 0 Å². The largest absolute Gasteiger partial charge is 0.480 e. The van der Waals surface area contributed by atoms with E-state index in [1.54, 1.807) is 0 Å². The third-order valence-electron chi connectivity index (χ3n) is 2.90. The molecule has 104 valence electrons. The van der Waals surface area contributed by atoms with E-state index >= 15 is 0 Å². The van der Waals surface area contributed by atoms with Gasteiger partial charge in [0.25, 0.3) is 0 Å². The van der Waals surface area contributed by atoms with Gasteiger partial charge >= 0.3 is 12.0 Å². The average Bonchev–Trinajstić information content (AvgIpc) is 2.28. The second kappa shape index (κ2) is 6.01. The molecule has 1 aliphatic heterocycles. The van der Waals surface area contributed by atoms with Crippen LogP contribution in [0.15, 0.2) is 0 Å². The lowest BCUT2D eigenvalue weighted by atomic mass is 10.2. The van der Waals surface area contributed by atoms with Crippen LogP contribution in [-0.4, -0.2) is 64.6 Å². The maximum absolute atomic E-state index is 12.0. The van der Waals surface area contributed by atoms with Gasteiger partial charge in [-0.15, -0.1) is 0 Å². The number of carboxylic acid groups (broad SMARTS) is 1. The van der Waals surface area contributed by atoms with Crippen LogP contribution in [0.2, 0.25) is 0 Å². The molecule has 0 saturated carbocycles. The van der Waals surface area contributed by atoms with Crippen molar-refractivity contribution in [3.63, 3.8) is 0 Å². The minimum atomic E-state index is -1.30. The van der Waals surface area contributed by atoms with Crippen LogP contribution in [0, 0.1) is 0 Å². The first-order valence-electron chi connectivity index (χ1n) is 5.92. The fraction of sp³-hybridized carbons (Fsp3) is 0.818. The molecule has 0 aromatic heterocycles. The third-order valence-corrected chi connectivity index (χ3v) is 2.90. The molecule has 1 heterocycles. The summed E-state index contributed by atoms with van der Waals surface area (Å²) in [6.07, 6.45) is -1.23. The minimum Gasteiger partial charge on any atom is -0.480 e. The first-order valence-corrected chi connectivity index (χ1v) is 5.92. The van der Waals surface area contributed by atoms with Crippen LogP contribution < -0.4 is 5.32 Å². The summed E-state index contributed by atoms with van der Waals surface area (Å²) < 4.78 is 5.38. The van der Waals surface area contributed by atoms with Crippen LogP contribution in [0.1, 0.15) is 20.8 Å². The Morgan fingerprint density at radius 3 is 2.56 bits per heavy atom. The molecule has 1 rings (SSSR count). The van der Waals surface area contributed by atoms with Crippen LogP contribution in [0.25, 0.3) is 0 Å². The molecular formula is C11H20N2O5. The van der Waals surface area contributed by atoms with E-state index in [9.17, 15) is 14.7 Å². The Labute approximate surface area is 106 Å². The van der Waals surface area contributed by atoms with E-state index in [0.29, 0.717) is 13.2 Å². The monoisotopic (exact) mass is 260 g/mol. The number of aliphatic hydroxyl groups excluding tert-OH is 1. The first kappa shape index (κ1) is 14.7. The molecule has 2 unspecified atom stereocenters. The molecule has 1 aliphatic rings. The van der Waals surface area contributed by atoms with Gasteiger partial charge in [-0.1, -0.05) is 0 Å². The lowest BCUT2D eigenvalue weighted by Gasteiger charge is -2.37. The summed E-state index contributed by atoms with van der Waals surface area (Å²) in [6, 6.07) is -1.92. The Hall–Kier alpha value is -1.34.